The van der Waals surface area contributed by atoms with Crippen LogP contribution in [-0.2, 0) is 19.4 Å². The zero-order valence-electron chi connectivity index (χ0n) is 16.7. The van der Waals surface area contributed by atoms with E-state index in [1.807, 2.05) is 23.0 Å². The summed E-state index contributed by atoms with van der Waals surface area (Å²) in [7, 11) is 0. The van der Waals surface area contributed by atoms with Crippen LogP contribution in [0.3, 0.4) is 0 Å². The second-order valence-corrected chi connectivity index (χ2v) is 8.12. The number of carbonyl (C=O) groups excluding carboxylic acids is 1. The maximum Gasteiger partial charge on any atom is 0.251 e. The molecule has 1 saturated heterocycles. The predicted molar refractivity (Wildman–Crippen MR) is 113 cm³/mol. The van der Waals surface area contributed by atoms with E-state index in [2.05, 4.69) is 33.8 Å². The van der Waals surface area contributed by atoms with Gasteiger partial charge in [0.15, 0.2) is 5.65 Å². The average molecular weight is 390 g/mol. The Bertz CT molecular complexity index is 1030. The molecule has 3 aromatic rings. The summed E-state index contributed by atoms with van der Waals surface area (Å²) in [6.45, 7) is 3.15. The number of nitrogens with zero attached hydrogens (tertiary/aromatic N) is 3. The highest BCUT2D eigenvalue weighted by Gasteiger charge is 2.23. The van der Waals surface area contributed by atoms with Crippen LogP contribution in [-0.4, -0.2) is 40.3 Å². The summed E-state index contributed by atoms with van der Waals surface area (Å²) >= 11 is 0. The van der Waals surface area contributed by atoms with Gasteiger partial charge in [-0.05, 0) is 74.0 Å². The molecule has 3 heterocycles. The third-order valence-electron chi connectivity index (χ3n) is 6.20. The fraction of sp³-hybridized carbons (Fsp3) is 0.435. The Morgan fingerprint density at radius 1 is 1.21 bits per heavy atom. The van der Waals surface area contributed by atoms with Gasteiger partial charge in [-0.2, -0.15) is 5.10 Å². The van der Waals surface area contributed by atoms with Crippen LogP contribution in [0.25, 0.3) is 11.0 Å². The molecule has 5 rings (SSSR count). The third-order valence-corrected chi connectivity index (χ3v) is 6.20. The Balaban J connectivity index is 1.28. The number of aromatic nitrogens is 3. The molecular weight excluding hydrogens is 362 g/mol. The molecule has 2 aliphatic rings. The number of benzene rings is 1. The molecule has 0 saturated carbocycles. The topological polar surface area (TPSA) is 71.8 Å². The minimum Gasteiger partial charge on any atom is -0.350 e. The lowest BCUT2D eigenvalue weighted by Crippen LogP contribution is -2.28. The van der Waals surface area contributed by atoms with Crippen LogP contribution in [0.4, 0.5) is 0 Å². The summed E-state index contributed by atoms with van der Waals surface area (Å²) in [6.07, 6.45) is 7.61. The molecule has 1 amide bonds. The lowest BCUT2D eigenvalue weighted by Gasteiger charge is -2.16. The zero-order chi connectivity index (χ0) is 19.6. The summed E-state index contributed by atoms with van der Waals surface area (Å²) in [6, 6.07) is 10.2. The summed E-state index contributed by atoms with van der Waals surface area (Å²) < 4.78 is 1.94. The second kappa shape index (κ2) is 7.95. The number of hydrogen-bond donors (Lipinski definition) is 2. The van der Waals surface area contributed by atoms with E-state index in [1.165, 1.54) is 24.0 Å². The molecule has 1 aliphatic carbocycles. The summed E-state index contributed by atoms with van der Waals surface area (Å²) in [5.41, 5.74) is 5.51. The Hall–Kier alpha value is -2.73. The van der Waals surface area contributed by atoms with Crippen LogP contribution < -0.4 is 10.6 Å². The van der Waals surface area contributed by atoms with Gasteiger partial charge in [-0.3, -0.25) is 4.79 Å². The number of amides is 1. The maximum absolute atomic E-state index is 12.6. The molecule has 0 unspecified atom stereocenters. The largest absolute Gasteiger partial charge is 0.350 e. The lowest BCUT2D eigenvalue weighted by molar-refractivity contribution is 0.0952. The molecule has 1 aromatic carbocycles. The van der Waals surface area contributed by atoms with Crippen LogP contribution in [0.15, 0.2) is 36.5 Å². The second-order valence-electron chi connectivity index (χ2n) is 8.12. The van der Waals surface area contributed by atoms with Crippen molar-refractivity contribution in [3.63, 3.8) is 0 Å². The van der Waals surface area contributed by atoms with E-state index in [4.69, 9.17) is 5.10 Å². The highest BCUT2D eigenvalue weighted by molar-refractivity contribution is 5.94. The van der Waals surface area contributed by atoms with Crippen molar-refractivity contribution in [1.82, 2.24) is 25.4 Å². The van der Waals surface area contributed by atoms with Crippen molar-refractivity contribution in [3.05, 3.63) is 58.9 Å². The van der Waals surface area contributed by atoms with Crippen LogP contribution >= 0.6 is 0 Å². The van der Waals surface area contributed by atoms with E-state index in [1.54, 1.807) is 0 Å². The summed E-state index contributed by atoms with van der Waals surface area (Å²) in [4.78, 5) is 17.2. The Labute approximate surface area is 170 Å². The smallest absolute Gasteiger partial charge is 0.251 e. The first-order valence-electron chi connectivity index (χ1n) is 10.7. The summed E-state index contributed by atoms with van der Waals surface area (Å²) in [5.74, 6) is 0.427. The average Bonchev–Trinajstić information content (AvgIpc) is 3.42. The fourth-order valence-electron chi connectivity index (χ4n) is 4.63. The maximum atomic E-state index is 12.6. The molecule has 150 valence electrons. The Morgan fingerprint density at radius 2 is 2.10 bits per heavy atom. The van der Waals surface area contributed by atoms with Crippen molar-refractivity contribution < 1.29 is 4.79 Å². The van der Waals surface area contributed by atoms with E-state index in [0.717, 1.165) is 54.6 Å². The molecule has 29 heavy (non-hydrogen) atoms. The van der Waals surface area contributed by atoms with Crippen LogP contribution in [0, 0.1) is 0 Å². The van der Waals surface area contributed by atoms with Gasteiger partial charge in [0.2, 0.25) is 0 Å². The van der Waals surface area contributed by atoms with Gasteiger partial charge in [0.1, 0.15) is 0 Å². The number of fused-ring (bicyclic) bond motifs is 2. The van der Waals surface area contributed by atoms with Crippen LogP contribution in [0.1, 0.15) is 52.4 Å². The number of aryl methyl sites for hydroxylation is 2. The molecule has 1 fully saturated rings. The zero-order valence-corrected chi connectivity index (χ0v) is 16.7. The monoisotopic (exact) mass is 389 g/mol. The quantitative estimate of drug-likeness (QED) is 0.704. The minimum atomic E-state index is -0.0111. The SMILES string of the molecule is O=C(NCCn1nc([C@H]2CCNC2)c2cccnc21)c1ccc2c(c1)CCCC2. The van der Waals surface area contributed by atoms with Gasteiger partial charge < -0.3 is 10.6 Å². The van der Waals surface area contributed by atoms with Crippen molar-refractivity contribution in [2.24, 2.45) is 0 Å². The standard InChI is InChI=1S/C23H27N5O/c29-23(18-8-7-16-4-1-2-5-17(16)14-18)26-12-13-28-22-20(6-3-10-25-22)21(27-28)19-9-11-24-15-19/h3,6-8,10,14,19,24H,1-2,4-5,9,11-13,15H2,(H,26,29)/t19-/m0/s1. The third kappa shape index (κ3) is 3.65. The molecule has 6 heteroatoms. The predicted octanol–water partition coefficient (Wildman–Crippen LogP) is 2.82. The number of hydrogen-bond acceptors (Lipinski definition) is 4. The molecule has 0 spiro atoms. The number of nitrogens with one attached hydrogen (secondary N) is 2. The van der Waals surface area contributed by atoms with Gasteiger partial charge in [-0.1, -0.05) is 6.07 Å². The van der Waals surface area contributed by atoms with Crippen molar-refractivity contribution in [2.75, 3.05) is 19.6 Å². The van der Waals surface area contributed by atoms with Crippen molar-refractivity contribution in [3.8, 4) is 0 Å². The number of carbonyl (C=O) groups is 1. The van der Waals surface area contributed by atoms with Gasteiger partial charge >= 0.3 is 0 Å². The Kier molecular flexibility index (Phi) is 5.02. The van der Waals surface area contributed by atoms with E-state index < -0.39 is 0 Å². The first kappa shape index (κ1) is 18.3. The lowest BCUT2D eigenvalue weighted by atomic mass is 9.90. The molecule has 1 atom stereocenters. The first-order valence-corrected chi connectivity index (χ1v) is 10.7. The fourth-order valence-corrected chi connectivity index (χ4v) is 4.63. The first-order chi connectivity index (χ1) is 14.3. The van der Waals surface area contributed by atoms with E-state index >= 15 is 0 Å². The van der Waals surface area contributed by atoms with Crippen molar-refractivity contribution >= 4 is 16.9 Å². The van der Waals surface area contributed by atoms with Crippen molar-refractivity contribution in [1.29, 1.82) is 0 Å². The molecule has 0 radical (unpaired) electrons. The molecule has 6 nitrogen and oxygen atoms in total. The molecular formula is C23H27N5O. The highest BCUT2D eigenvalue weighted by Crippen LogP contribution is 2.28. The minimum absolute atomic E-state index is 0.0111. The van der Waals surface area contributed by atoms with E-state index in [9.17, 15) is 4.79 Å². The highest BCUT2D eigenvalue weighted by atomic mass is 16.1. The number of pyridine rings is 1. The van der Waals surface area contributed by atoms with Crippen LogP contribution in [0.5, 0.6) is 0 Å². The van der Waals surface area contributed by atoms with Gasteiger partial charge in [-0.25, -0.2) is 9.67 Å². The van der Waals surface area contributed by atoms with Gasteiger partial charge in [-0.15, -0.1) is 0 Å². The van der Waals surface area contributed by atoms with Gasteiger partial charge in [0.05, 0.1) is 12.2 Å². The van der Waals surface area contributed by atoms with Crippen LogP contribution in [0.2, 0.25) is 0 Å². The molecule has 2 N–H and O–H groups in total. The molecule has 0 bridgehead atoms. The van der Waals surface area contributed by atoms with Crippen molar-refractivity contribution in [2.45, 2.75) is 44.6 Å². The Morgan fingerprint density at radius 3 is 2.97 bits per heavy atom. The van der Waals surface area contributed by atoms with Gasteiger partial charge in [0.25, 0.3) is 5.91 Å². The normalized spacial score (nSPS) is 18.7. The summed E-state index contributed by atoms with van der Waals surface area (Å²) in [5, 5.41) is 12.5. The number of rotatable bonds is 5. The molecule has 2 aromatic heterocycles. The molecule has 1 aliphatic heterocycles. The van der Waals surface area contributed by atoms with E-state index in [-0.39, 0.29) is 5.91 Å². The van der Waals surface area contributed by atoms with E-state index in [0.29, 0.717) is 19.0 Å². The van der Waals surface area contributed by atoms with Gasteiger partial charge in [0, 0.05) is 36.2 Å².